The van der Waals surface area contributed by atoms with Crippen molar-refractivity contribution in [2.24, 2.45) is 0 Å². The number of aryl methyl sites for hydroxylation is 2. The van der Waals surface area contributed by atoms with Crippen molar-refractivity contribution in [3.05, 3.63) is 160 Å². The molecule has 7 rings (SSSR count). The number of hydrogen-bond acceptors (Lipinski definition) is 8. The monoisotopic (exact) mass is 753 g/mol. The standard InChI is InChI=1S/C45H40ClN3O6/c46-37-20-23-41-36(32-37)19-18-35-11-9-26-47-43(35)42(41)34-24-28-48(29-25-34)30-31-52-38-21-16-33(17-22-38)10-7-8-27-49(44(50)53-39-12-3-1-4-13-39)55-45(51)54-40-14-5-2-6-15-40/h1-6,9,11-17,20-23,26,32H,8,18-19,24-25,27-31H2. The molecule has 0 atom stereocenters. The molecule has 0 spiro atoms. The predicted octanol–water partition coefficient (Wildman–Crippen LogP) is 9.18. The largest absolute Gasteiger partial charge is 0.539 e. The summed E-state index contributed by atoms with van der Waals surface area (Å²) in [4.78, 5) is 37.8. The molecule has 1 aliphatic carbocycles. The molecule has 1 amide bonds. The van der Waals surface area contributed by atoms with Crippen LogP contribution in [0.25, 0.3) is 5.57 Å². The van der Waals surface area contributed by atoms with E-state index < -0.39 is 12.2 Å². The summed E-state index contributed by atoms with van der Waals surface area (Å²) in [6.45, 7) is 3.29. The summed E-state index contributed by atoms with van der Waals surface area (Å²) in [5.74, 6) is 7.47. The predicted molar refractivity (Wildman–Crippen MR) is 211 cm³/mol. The Balaban J connectivity index is 0.895. The highest BCUT2D eigenvalue weighted by molar-refractivity contribution is 6.30. The van der Waals surface area contributed by atoms with Gasteiger partial charge in [-0.25, -0.2) is 9.59 Å². The third-order valence-electron chi connectivity index (χ3n) is 9.43. The van der Waals surface area contributed by atoms with E-state index in [2.05, 4.69) is 34.9 Å². The fourth-order valence-electron chi connectivity index (χ4n) is 6.69. The van der Waals surface area contributed by atoms with E-state index in [9.17, 15) is 9.59 Å². The molecule has 55 heavy (non-hydrogen) atoms. The maximum absolute atomic E-state index is 12.9. The van der Waals surface area contributed by atoms with Crippen LogP contribution in [0.4, 0.5) is 9.59 Å². The van der Waals surface area contributed by atoms with Crippen LogP contribution in [0.1, 0.15) is 47.2 Å². The van der Waals surface area contributed by atoms with Crippen molar-refractivity contribution in [2.75, 3.05) is 32.8 Å². The van der Waals surface area contributed by atoms with Gasteiger partial charge in [-0.15, -0.1) is 5.06 Å². The number of carbonyl (C=O) groups is 2. The topological polar surface area (TPSA) is 90.4 Å². The Morgan fingerprint density at radius 3 is 2.22 bits per heavy atom. The maximum atomic E-state index is 12.9. The zero-order chi connectivity index (χ0) is 37.8. The van der Waals surface area contributed by atoms with Gasteiger partial charge in [-0.1, -0.05) is 77.5 Å². The number of ether oxygens (including phenoxy) is 3. The minimum atomic E-state index is -1.07. The van der Waals surface area contributed by atoms with Gasteiger partial charge in [0.05, 0.1) is 12.2 Å². The first-order valence-electron chi connectivity index (χ1n) is 18.4. The lowest BCUT2D eigenvalue weighted by Crippen LogP contribution is -2.37. The lowest BCUT2D eigenvalue weighted by molar-refractivity contribution is -0.0880. The maximum Gasteiger partial charge on any atom is 0.539 e. The van der Waals surface area contributed by atoms with Crippen LogP contribution in [0.2, 0.25) is 5.02 Å². The minimum Gasteiger partial charge on any atom is -0.492 e. The molecule has 1 fully saturated rings. The molecule has 278 valence electrons. The van der Waals surface area contributed by atoms with Crippen LogP contribution >= 0.6 is 11.6 Å². The SMILES string of the molecule is O=C(Oc1ccccc1)ON(CCC#Cc1ccc(OCCN2CCC(=C3c4ccc(Cl)cc4CCc4cccnc43)CC2)cc1)C(=O)Oc1ccccc1. The van der Waals surface area contributed by atoms with Crippen LogP contribution in [0.15, 0.2) is 127 Å². The number of rotatable bonds is 8. The van der Waals surface area contributed by atoms with Gasteiger partial charge in [-0.2, -0.15) is 0 Å². The Bertz CT molecular complexity index is 2190. The molecule has 0 saturated carbocycles. The van der Waals surface area contributed by atoms with Crippen molar-refractivity contribution in [1.82, 2.24) is 14.9 Å². The molecular formula is C45H40ClN3O6. The minimum absolute atomic E-state index is 0.0365. The van der Waals surface area contributed by atoms with Crippen molar-refractivity contribution in [3.8, 4) is 29.1 Å². The van der Waals surface area contributed by atoms with Crippen molar-refractivity contribution in [2.45, 2.75) is 32.1 Å². The lowest BCUT2D eigenvalue weighted by atomic mass is 9.88. The number of hydrogen-bond donors (Lipinski definition) is 0. The molecule has 5 aromatic rings. The number of pyridine rings is 1. The smallest absolute Gasteiger partial charge is 0.492 e. The number of nitrogens with zero attached hydrogens (tertiary/aromatic N) is 3. The number of amides is 1. The van der Waals surface area contributed by atoms with Crippen LogP contribution in [0, 0.1) is 11.8 Å². The van der Waals surface area contributed by atoms with E-state index in [1.165, 1.54) is 27.8 Å². The summed E-state index contributed by atoms with van der Waals surface area (Å²) in [5.41, 5.74) is 8.50. The van der Waals surface area contributed by atoms with Crippen LogP contribution in [0.3, 0.4) is 0 Å². The summed E-state index contributed by atoms with van der Waals surface area (Å²) < 4.78 is 16.6. The number of halogens is 1. The van der Waals surface area contributed by atoms with E-state index in [0.717, 1.165) is 72.4 Å². The van der Waals surface area contributed by atoms with E-state index in [1.54, 1.807) is 60.7 Å². The average molecular weight is 754 g/mol. The van der Waals surface area contributed by atoms with Crippen molar-refractivity contribution in [3.63, 3.8) is 0 Å². The second kappa shape index (κ2) is 18.3. The molecule has 1 saturated heterocycles. The number of hydroxylamine groups is 2. The second-order valence-electron chi connectivity index (χ2n) is 13.1. The van der Waals surface area contributed by atoms with E-state index in [-0.39, 0.29) is 18.7 Å². The van der Waals surface area contributed by atoms with Crippen LogP contribution in [-0.2, 0) is 17.7 Å². The zero-order valence-electron chi connectivity index (χ0n) is 30.3. The van der Waals surface area contributed by atoms with E-state index in [0.29, 0.717) is 12.4 Å². The quantitative estimate of drug-likeness (QED) is 0.0671. The van der Waals surface area contributed by atoms with Crippen molar-refractivity contribution in [1.29, 1.82) is 0 Å². The van der Waals surface area contributed by atoms with Gasteiger partial charge >= 0.3 is 12.2 Å². The molecule has 0 bridgehead atoms. The molecule has 0 N–H and O–H groups in total. The summed E-state index contributed by atoms with van der Waals surface area (Å²) in [5, 5.41) is 1.57. The fraction of sp³-hybridized carbons (Fsp3) is 0.222. The second-order valence-corrected chi connectivity index (χ2v) is 13.5. The third-order valence-corrected chi connectivity index (χ3v) is 9.66. The highest BCUT2D eigenvalue weighted by atomic mass is 35.5. The number of aromatic nitrogens is 1. The van der Waals surface area contributed by atoms with E-state index >= 15 is 0 Å². The Hall–Kier alpha value is -6.08. The van der Waals surface area contributed by atoms with Gasteiger partial charge < -0.3 is 14.2 Å². The van der Waals surface area contributed by atoms with Gasteiger partial charge in [0.1, 0.15) is 23.9 Å². The first-order valence-corrected chi connectivity index (χ1v) is 18.7. The molecule has 2 aliphatic rings. The van der Waals surface area contributed by atoms with Gasteiger partial charge in [-0.05, 0) is 109 Å². The molecule has 0 radical (unpaired) electrons. The molecule has 4 aromatic carbocycles. The average Bonchev–Trinajstić information content (AvgIpc) is 3.37. The highest BCUT2D eigenvalue weighted by Crippen LogP contribution is 2.38. The van der Waals surface area contributed by atoms with E-state index in [4.69, 9.17) is 35.6 Å². The van der Waals surface area contributed by atoms with Crippen LogP contribution in [0.5, 0.6) is 17.2 Å². The molecular weight excluding hydrogens is 714 g/mol. The van der Waals surface area contributed by atoms with Gasteiger partial charge in [-0.3, -0.25) is 14.7 Å². The zero-order valence-corrected chi connectivity index (χ0v) is 31.0. The number of benzene rings is 4. The summed E-state index contributed by atoms with van der Waals surface area (Å²) in [7, 11) is 0. The van der Waals surface area contributed by atoms with Crippen LogP contribution < -0.4 is 14.2 Å². The number of fused-ring (bicyclic) bond motifs is 2. The third kappa shape index (κ3) is 10.1. The first-order chi connectivity index (χ1) is 27.0. The highest BCUT2D eigenvalue weighted by Gasteiger charge is 2.25. The molecule has 2 heterocycles. The van der Waals surface area contributed by atoms with Gasteiger partial charge in [0.25, 0.3) is 0 Å². The molecule has 10 heteroatoms. The first kappa shape index (κ1) is 37.2. The fourth-order valence-corrected chi connectivity index (χ4v) is 6.88. The number of piperidine rings is 1. The Kier molecular flexibility index (Phi) is 12.4. The van der Waals surface area contributed by atoms with E-state index in [1.807, 2.05) is 42.6 Å². The lowest BCUT2D eigenvalue weighted by Gasteiger charge is -2.30. The molecule has 1 aliphatic heterocycles. The summed E-state index contributed by atoms with van der Waals surface area (Å²) in [6.07, 6.45) is 4.05. The van der Waals surface area contributed by atoms with Gasteiger partial charge in [0.15, 0.2) is 0 Å². The van der Waals surface area contributed by atoms with Crippen LogP contribution in [-0.4, -0.2) is 60.0 Å². The number of carbonyl (C=O) groups excluding carboxylic acids is 2. The van der Waals surface area contributed by atoms with Crippen molar-refractivity contribution >= 4 is 29.4 Å². The molecule has 1 aromatic heterocycles. The normalized spacial score (nSPS) is 13.6. The van der Waals surface area contributed by atoms with Crippen molar-refractivity contribution < 1.29 is 28.6 Å². The molecule has 0 unspecified atom stereocenters. The summed E-state index contributed by atoms with van der Waals surface area (Å²) >= 11 is 6.40. The Morgan fingerprint density at radius 1 is 0.764 bits per heavy atom. The number of likely N-dealkylation sites (tertiary alicyclic amines) is 1. The molecule has 9 nitrogen and oxygen atoms in total. The number of para-hydroxylation sites is 2. The summed E-state index contributed by atoms with van der Waals surface area (Å²) in [6, 6.07) is 35.0. The van der Waals surface area contributed by atoms with Gasteiger partial charge in [0.2, 0.25) is 0 Å². The Morgan fingerprint density at radius 2 is 1.47 bits per heavy atom. The van der Waals surface area contributed by atoms with Gasteiger partial charge in [0, 0.05) is 48.4 Å². The Labute approximate surface area is 326 Å².